The summed E-state index contributed by atoms with van der Waals surface area (Å²) in [5.74, 6) is -0.0501. The second-order valence-electron chi connectivity index (χ2n) is 8.11. The minimum Gasteiger partial charge on any atom is -0.481 e. The second kappa shape index (κ2) is 6.39. The third-order valence-corrected chi connectivity index (χ3v) is 6.46. The number of hydrogen-bond acceptors (Lipinski definition) is 2. The minimum atomic E-state index is -0.718. The van der Waals surface area contributed by atoms with Gasteiger partial charge in [-0.1, -0.05) is 43.7 Å². The number of halogens is 2. The molecule has 6 heteroatoms. The van der Waals surface area contributed by atoms with Gasteiger partial charge in [-0.2, -0.15) is 0 Å². The Balaban J connectivity index is 1.84. The maximum atomic E-state index is 11.9. The number of nitrogens with one attached hydrogen (secondary N) is 1. The van der Waals surface area contributed by atoms with Gasteiger partial charge in [0, 0.05) is 17.9 Å². The van der Waals surface area contributed by atoms with Crippen LogP contribution in [0.1, 0.15) is 38.9 Å². The molecule has 1 heterocycles. The van der Waals surface area contributed by atoms with Gasteiger partial charge in [0.05, 0.1) is 16.4 Å². The lowest BCUT2D eigenvalue weighted by molar-refractivity contribution is -0.146. The fraction of sp³-hybridized carbons (Fsp3) is 0.429. The van der Waals surface area contributed by atoms with Crippen molar-refractivity contribution < 1.29 is 9.90 Å². The number of nitrogens with zero attached hydrogens (tertiary/aromatic N) is 1. The Kier molecular flexibility index (Phi) is 4.39. The summed E-state index contributed by atoms with van der Waals surface area (Å²) in [7, 11) is 0. The molecule has 1 atom stereocenters. The van der Waals surface area contributed by atoms with Crippen molar-refractivity contribution >= 4 is 45.8 Å². The number of benzene rings is 1. The first-order valence-corrected chi connectivity index (χ1v) is 10.0. The molecule has 0 saturated heterocycles. The quantitative estimate of drug-likeness (QED) is 0.638. The van der Waals surface area contributed by atoms with E-state index in [0.29, 0.717) is 19.3 Å². The van der Waals surface area contributed by atoms with E-state index in [-0.39, 0.29) is 11.3 Å². The summed E-state index contributed by atoms with van der Waals surface area (Å²) < 4.78 is 0. The van der Waals surface area contributed by atoms with Crippen molar-refractivity contribution in [1.29, 1.82) is 0 Å². The number of carboxylic acid groups (broad SMARTS) is 1. The molecule has 2 aliphatic rings. The Morgan fingerprint density at radius 1 is 1.33 bits per heavy atom. The Morgan fingerprint density at radius 3 is 2.63 bits per heavy atom. The number of aliphatic carboxylic acids is 1. The van der Waals surface area contributed by atoms with Crippen molar-refractivity contribution in [2.24, 2.45) is 16.7 Å². The smallest absolute Gasteiger partial charge is 0.310 e. The van der Waals surface area contributed by atoms with Gasteiger partial charge < -0.3 is 10.1 Å². The molecule has 0 aliphatic heterocycles. The fourth-order valence-corrected chi connectivity index (χ4v) is 4.87. The second-order valence-corrected chi connectivity index (χ2v) is 9.39. The molecule has 2 aromatic rings. The number of imidazole rings is 1. The summed E-state index contributed by atoms with van der Waals surface area (Å²) in [5, 5.41) is 9.81. The molecule has 1 aromatic heterocycles. The number of hydrogen-bond donors (Lipinski definition) is 2. The van der Waals surface area contributed by atoms with E-state index >= 15 is 0 Å². The van der Waals surface area contributed by atoms with Gasteiger partial charge in [0.15, 0.2) is 0 Å². The van der Waals surface area contributed by atoms with E-state index in [0.717, 1.165) is 28.0 Å². The van der Waals surface area contributed by atoms with Crippen LogP contribution in [0.2, 0.25) is 0 Å². The number of carbonyl (C=O) groups is 1. The van der Waals surface area contributed by atoms with Gasteiger partial charge in [-0.15, -0.1) is 23.2 Å². The molecule has 0 amide bonds. The van der Waals surface area contributed by atoms with Gasteiger partial charge in [0.2, 0.25) is 0 Å². The Morgan fingerprint density at radius 2 is 2.04 bits per heavy atom. The molecule has 0 bridgehead atoms. The predicted molar refractivity (Wildman–Crippen MR) is 109 cm³/mol. The number of rotatable bonds is 5. The van der Waals surface area contributed by atoms with Gasteiger partial charge in [0.25, 0.3) is 0 Å². The van der Waals surface area contributed by atoms with Crippen molar-refractivity contribution in [2.75, 3.05) is 0 Å². The molecule has 1 saturated carbocycles. The van der Waals surface area contributed by atoms with E-state index in [9.17, 15) is 9.90 Å². The zero-order chi connectivity index (χ0) is 19.4. The SMILES string of the molecule is CC1(C)C(CC(Cl)Cl)=C(c2nc3ccccc3[nH]2)C=CC1C1(C(=O)O)CC1. The zero-order valence-electron chi connectivity index (χ0n) is 15.3. The number of allylic oxidation sites excluding steroid dienone is 4. The van der Waals surface area contributed by atoms with E-state index in [4.69, 9.17) is 28.2 Å². The molecule has 0 spiro atoms. The van der Waals surface area contributed by atoms with Crippen molar-refractivity contribution in [3.05, 3.63) is 47.8 Å². The van der Waals surface area contributed by atoms with Crippen LogP contribution >= 0.6 is 23.2 Å². The highest BCUT2D eigenvalue weighted by atomic mass is 35.5. The third kappa shape index (κ3) is 2.99. The van der Waals surface area contributed by atoms with Crippen molar-refractivity contribution in [1.82, 2.24) is 9.97 Å². The van der Waals surface area contributed by atoms with Crippen LogP contribution in [0.5, 0.6) is 0 Å². The average Bonchev–Trinajstić information content (AvgIpc) is 3.28. The van der Waals surface area contributed by atoms with E-state index < -0.39 is 16.2 Å². The topological polar surface area (TPSA) is 66.0 Å². The van der Waals surface area contributed by atoms with Crippen molar-refractivity contribution in [2.45, 2.75) is 37.9 Å². The summed E-state index contributed by atoms with van der Waals surface area (Å²) in [6.07, 6.45) is 5.93. The van der Waals surface area contributed by atoms with Crippen LogP contribution in [0.3, 0.4) is 0 Å². The number of H-pyrrole nitrogens is 1. The predicted octanol–water partition coefficient (Wildman–Crippen LogP) is 5.59. The lowest BCUT2D eigenvalue weighted by atomic mass is 9.61. The van der Waals surface area contributed by atoms with Gasteiger partial charge >= 0.3 is 5.97 Å². The van der Waals surface area contributed by atoms with Crippen LogP contribution in [0.15, 0.2) is 42.0 Å². The van der Waals surface area contributed by atoms with Crippen LogP contribution < -0.4 is 0 Å². The molecular weight excluding hydrogens is 383 g/mol. The number of alkyl halides is 2. The first-order valence-electron chi connectivity index (χ1n) is 9.14. The molecule has 4 nitrogen and oxygen atoms in total. The molecule has 2 N–H and O–H groups in total. The van der Waals surface area contributed by atoms with Crippen LogP contribution in [0.25, 0.3) is 16.6 Å². The van der Waals surface area contributed by atoms with E-state index in [1.54, 1.807) is 0 Å². The molecule has 0 radical (unpaired) electrons. The lowest BCUT2D eigenvalue weighted by Gasteiger charge is -2.42. The fourth-order valence-electron chi connectivity index (χ4n) is 4.57. The van der Waals surface area contributed by atoms with Crippen LogP contribution in [-0.2, 0) is 4.79 Å². The minimum absolute atomic E-state index is 0.0993. The molecule has 1 fully saturated rings. The normalized spacial score (nSPS) is 23.2. The molecule has 1 unspecified atom stereocenters. The van der Waals surface area contributed by atoms with Crippen LogP contribution in [0, 0.1) is 16.7 Å². The van der Waals surface area contributed by atoms with Gasteiger partial charge in [-0.25, -0.2) is 4.98 Å². The molecule has 4 rings (SSSR count). The van der Waals surface area contributed by atoms with Crippen LogP contribution in [-0.4, -0.2) is 25.9 Å². The number of para-hydroxylation sites is 2. The summed E-state index contributed by atoms with van der Waals surface area (Å²) in [6, 6.07) is 7.87. The van der Waals surface area contributed by atoms with Crippen molar-refractivity contribution in [3.63, 3.8) is 0 Å². The monoisotopic (exact) mass is 404 g/mol. The average molecular weight is 405 g/mol. The van der Waals surface area contributed by atoms with Gasteiger partial charge in [-0.3, -0.25) is 4.79 Å². The van der Waals surface area contributed by atoms with Crippen LogP contribution in [0.4, 0.5) is 0 Å². The lowest BCUT2D eigenvalue weighted by Crippen LogP contribution is -2.38. The van der Waals surface area contributed by atoms with Crippen molar-refractivity contribution in [3.8, 4) is 0 Å². The number of aromatic nitrogens is 2. The summed E-state index contributed by atoms with van der Waals surface area (Å²) in [6.45, 7) is 4.19. The Hall–Kier alpha value is -1.78. The van der Waals surface area contributed by atoms with E-state index in [2.05, 4.69) is 18.8 Å². The highest BCUT2D eigenvalue weighted by Crippen LogP contribution is 2.62. The van der Waals surface area contributed by atoms with E-state index in [1.165, 1.54) is 0 Å². The summed E-state index contributed by atoms with van der Waals surface area (Å²) in [4.78, 5) is 19.5. The highest BCUT2D eigenvalue weighted by Gasteiger charge is 2.60. The third-order valence-electron chi connectivity index (χ3n) is 6.15. The Bertz CT molecular complexity index is 934. The molecule has 2 aliphatic carbocycles. The Labute approximate surface area is 168 Å². The van der Waals surface area contributed by atoms with Gasteiger partial charge in [0.1, 0.15) is 10.7 Å². The zero-order valence-corrected chi connectivity index (χ0v) is 16.8. The summed E-state index contributed by atoms with van der Waals surface area (Å²) in [5.41, 5.74) is 2.80. The molecule has 142 valence electrons. The van der Waals surface area contributed by atoms with Gasteiger partial charge in [-0.05, 0) is 30.4 Å². The highest BCUT2D eigenvalue weighted by molar-refractivity contribution is 6.44. The number of carboxylic acids is 1. The van der Waals surface area contributed by atoms with E-state index in [1.807, 2.05) is 36.4 Å². The molecular formula is C21H22Cl2N2O2. The molecule has 1 aromatic carbocycles. The number of fused-ring (bicyclic) bond motifs is 1. The first kappa shape index (κ1) is 18.6. The largest absolute Gasteiger partial charge is 0.481 e. The molecule has 27 heavy (non-hydrogen) atoms. The summed E-state index contributed by atoms with van der Waals surface area (Å²) >= 11 is 12.3. The number of aromatic amines is 1. The standard InChI is InChI=1S/C21H22Cl2N2O2/c1-20(2)13(11-17(22)23)12(7-8-16(20)21(9-10-21)19(26)27)18-24-14-5-3-4-6-15(14)25-18/h3-8,16-17H,9-11H2,1-2H3,(H,24,25)(H,26,27). The maximum Gasteiger partial charge on any atom is 0.310 e. The first-order chi connectivity index (χ1) is 12.8. The maximum absolute atomic E-state index is 11.9.